The molecule has 1 atom stereocenters. The molecule has 2 heterocycles. The zero-order valence-corrected chi connectivity index (χ0v) is 17.5. The molecule has 1 aliphatic rings. The molecule has 1 aromatic heterocycles. The SMILES string of the molecule is CCCCN1C(=O)C(=O)/C(=C(\O)c2ccc(OC)c(Br)c2)C1c1cccs1. The Balaban J connectivity index is 2.12. The number of amides is 1. The van der Waals surface area contributed by atoms with Gasteiger partial charge < -0.3 is 14.7 Å². The van der Waals surface area contributed by atoms with E-state index in [1.54, 1.807) is 30.2 Å². The molecule has 0 bridgehead atoms. The Labute approximate surface area is 170 Å². The number of aliphatic hydroxyl groups excluding tert-OH is 1. The molecule has 1 fully saturated rings. The van der Waals surface area contributed by atoms with Crippen LogP contribution in [0.1, 0.15) is 36.2 Å². The second kappa shape index (κ2) is 8.27. The number of halogens is 1. The fourth-order valence-electron chi connectivity index (χ4n) is 3.15. The number of carbonyl (C=O) groups is 2. The highest BCUT2D eigenvalue weighted by molar-refractivity contribution is 9.10. The maximum absolute atomic E-state index is 12.8. The van der Waals surface area contributed by atoms with E-state index in [0.717, 1.165) is 17.7 Å². The molecule has 1 saturated heterocycles. The Morgan fingerprint density at radius 3 is 2.70 bits per heavy atom. The number of unbranched alkanes of at least 4 members (excludes halogenated alkanes) is 1. The van der Waals surface area contributed by atoms with Crippen LogP contribution in [-0.2, 0) is 9.59 Å². The molecule has 27 heavy (non-hydrogen) atoms. The van der Waals surface area contributed by atoms with Crippen LogP contribution in [0.5, 0.6) is 5.75 Å². The van der Waals surface area contributed by atoms with Crippen molar-refractivity contribution in [3.05, 3.63) is 56.2 Å². The molecule has 5 nitrogen and oxygen atoms in total. The number of carbonyl (C=O) groups excluding carboxylic acids is 2. The van der Waals surface area contributed by atoms with Gasteiger partial charge in [0.1, 0.15) is 11.5 Å². The van der Waals surface area contributed by atoms with Gasteiger partial charge in [-0.1, -0.05) is 19.4 Å². The van der Waals surface area contributed by atoms with Gasteiger partial charge in [0.15, 0.2) is 0 Å². The fraction of sp³-hybridized carbons (Fsp3) is 0.300. The van der Waals surface area contributed by atoms with E-state index in [9.17, 15) is 14.7 Å². The summed E-state index contributed by atoms with van der Waals surface area (Å²) in [5.41, 5.74) is 0.591. The predicted molar refractivity (Wildman–Crippen MR) is 109 cm³/mol. The lowest BCUT2D eigenvalue weighted by Gasteiger charge is -2.23. The van der Waals surface area contributed by atoms with E-state index in [1.165, 1.54) is 11.3 Å². The number of thiophene rings is 1. The van der Waals surface area contributed by atoms with E-state index in [2.05, 4.69) is 15.9 Å². The standard InChI is InChI=1S/C20H20BrNO4S/c1-3-4-9-22-17(15-6-5-10-27-15)16(19(24)20(22)25)18(23)12-7-8-14(26-2)13(21)11-12/h5-8,10-11,17,23H,3-4,9H2,1-2H3/b18-16-. The zero-order chi connectivity index (χ0) is 19.6. The van der Waals surface area contributed by atoms with Gasteiger partial charge in [-0.2, -0.15) is 0 Å². The van der Waals surface area contributed by atoms with Crippen LogP contribution < -0.4 is 4.74 Å². The van der Waals surface area contributed by atoms with Crippen LogP contribution in [0.25, 0.3) is 5.76 Å². The lowest BCUT2D eigenvalue weighted by Crippen LogP contribution is -2.30. The maximum Gasteiger partial charge on any atom is 0.295 e. The van der Waals surface area contributed by atoms with Crippen LogP contribution in [0.3, 0.4) is 0 Å². The minimum Gasteiger partial charge on any atom is -0.507 e. The van der Waals surface area contributed by atoms with Crippen molar-refractivity contribution in [2.24, 2.45) is 0 Å². The monoisotopic (exact) mass is 449 g/mol. The van der Waals surface area contributed by atoms with E-state index < -0.39 is 17.7 Å². The number of nitrogens with zero attached hydrogens (tertiary/aromatic N) is 1. The first-order chi connectivity index (χ1) is 13.0. The summed E-state index contributed by atoms with van der Waals surface area (Å²) >= 11 is 4.86. The number of rotatable bonds is 6. The summed E-state index contributed by atoms with van der Waals surface area (Å²) in [6.45, 7) is 2.51. The second-order valence-electron chi connectivity index (χ2n) is 6.21. The molecule has 2 aromatic rings. The molecule has 1 N–H and O–H groups in total. The second-order valence-corrected chi connectivity index (χ2v) is 8.04. The summed E-state index contributed by atoms with van der Waals surface area (Å²) in [5, 5.41) is 12.8. The fourth-order valence-corrected chi connectivity index (χ4v) is 4.54. The molecule has 142 valence electrons. The Kier molecular flexibility index (Phi) is 6.01. The molecule has 0 radical (unpaired) electrons. The maximum atomic E-state index is 12.8. The minimum absolute atomic E-state index is 0.135. The number of benzene rings is 1. The van der Waals surface area contributed by atoms with Gasteiger partial charge in [-0.25, -0.2) is 0 Å². The normalized spacial score (nSPS) is 18.9. The van der Waals surface area contributed by atoms with Gasteiger partial charge in [0.25, 0.3) is 11.7 Å². The van der Waals surface area contributed by atoms with Crippen LogP contribution in [-0.4, -0.2) is 35.4 Å². The van der Waals surface area contributed by atoms with Gasteiger partial charge in [-0.3, -0.25) is 9.59 Å². The first-order valence-electron chi connectivity index (χ1n) is 8.65. The number of aliphatic hydroxyl groups is 1. The first-order valence-corrected chi connectivity index (χ1v) is 10.3. The Bertz CT molecular complexity index is 891. The summed E-state index contributed by atoms with van der Waals surface area (Å²) in [4.78, 5) is 27.8. The predicted octanol–water partition coefficient (Wildman–Crippen LogP) is 4.74. The molecule has 0 saturated carbocycles. The van der Waals surface area contributed by atoms with Crippen molar-refractivity contribution in [2.75, 3.05) is 13.7 Å². The number of hydrogen-bond donors (Lipinski definition) is 1. The minimum atomic E-state index is -0.644. The van der Waals surface area contributed by atoms with Gasteiger partial charge in [-0.05, 0) is 52.0 Å². The van der Waals surface area contributed by atoms with Gasteiger partial charge in [0.2, 0.25) is 0 Å². The Morgan fingerprint density at radius 2 is 2.11 bits per heavy atom. The lowest BCUT2D eigenvalue weighted by atomic mass is 9.99. The molecule has 0 spiro atoms. The van der Waals surface area contributed by atoms with E-state index in [4.69, 9.17) is 4.74 Å². The highest BCUT2D eigenvalue weighted by atomic mass is 79.9. The summed E-state index contributed by atoms with van der Waals surface area (Å²) in [6.07, 6.45) is 1.70. The van der Waals surface area contributed by atoms with Gasteiger partial charge in [0, 0.05) is 17.0 Å². The van der Waals surface area contributed by atoms with Crippen LogP contribution in [0.4, 0.5) is 0 Å². The lowest BCUT2D eigenvalue weighted by molar-refractivity contribution is -0.139. The number of likely N-dealkylation sites (tertiary alicyclic amines) is 1. The van der Waals surface area contributed by atoms with E-state index in [0.29, 0.717) is 22.3 Å². The number of ketones is 1. The van der Waals surface area contributed by atoms with Crippen molar-refractivity contribution < 1.29 is 19.4 Å². The number of Topliss-reactive ketones (excluding diaryl/α,β-unsaturated/α-hetero) is 1. The third kappa shape index (κ3) is 3.66. The molecular formula is C20H20BrNO4S. The third-order valence-electron chi connectivity index (χ3n) is 4.53. The summed E-state index contributed by atoms with van der Waals surface area (Å²) in [7, 11) is 1.55. The summed E-state index contributed by atoms with van der Waals surface area (Å²) < 4.78 is 5.87. The van der Waals surface area contributed by atoms with Crippen LogP contribution in [0.2, 0.25) is 0 Å². The van der Waals surface area contributed by atoms with E-state index >= 15 is 0 Å². The van der Waals surface area contributed by atoms with Crippen molar-refractivity contribution in [2.45, 2.75) is 25.8 Å². The van der Waals surface area contributed by atoms with Gasteiger partial charge in [0.05, 0.1) is 23.2 Å². The molecule has 7 heteroatoms. The number of ether oxygens (including phenoxy) is 1. The van der Waals surface area contributed by atoms with Crippen molar-refractivity contribution in [1.29, 1.82) is 0 Å². The zero-order valence-electron chi connectivity index (χ0n) is 15.1. The Hall–Kier alpha value is -2.12. The van der Waals surface area contributed by atoms with Crippen molar-refractivity contribution in [3.8, 4) is 5.75 Å². The average molecular weight is 450 g/mol. The third-order valence-corrected chi connectivity index (χ3v) is 6.07. The van der Waals surface area contributed by atoms with E-state index in [1.807, 2.05) is 24.4 Å². The van der Waals surface area contributed by atoms with Crippen molar-refractivity contribution in [1.82, 2.24) is 4.90 Å². The van der Waals surface area contributed by atoms with Gasteiger partial charge in [-0.15, -0.1) is 11.3 Å². The average Bonchev–Trinajstić information content (AvgIpc) is 3.27. The van der Waals surface area contributed by atoms with Crippen LogP contribution in [0, 0.1) is 0 Å². The molecule has 0 aliphatic carbocycles. The highest BCUT2D eigenvalue weighted by Gasteiger charge is 2.46. The molecule has 1 unspecified atom stereocenters. The first kappa shape index (κ1) is 19.6. The molecule has 3 rings (SSSR count). The quantitative estimate of drug-likeness (QED) is 0.392. The smallest absolute Gasteiger partial charge is 0.295 e. The van der Waals surface area contributed by atoms with Crippen molar-refractivity contribution >= 4 is 44.7 Å². The summed E-state index contributed by atoms with van der Waals surface area (Å²) in [5.74, 6) is -0.760. The van der Waals surface area contributed by atoms with Crippen molar-refractivity contribution in [3.63, 3.8) is 0 Å². The highest BCUT2D eigenvalue weighted by Crippen LogP contribution is 2.41. The van der Waals surface area contributed by atoms with Gasteiger partial charge >= 0.3 is 0 Å². The largest absolute Gasteiger partial charge is 0.507 e. The Morgan fingerprint density at radius 1 is 1.33 bits per heavy atom. The molecule has 1 aliphatic heterocycles. The summed E-state index contributed by atoms with van der Waals surface area (Å²) in [6, 6.07) is 8.26. The van der Waals surface area contributed by atoms with E-state index in [-0.39, 0.29) is 11.3 Å². The van der Waals surface area contributed by atoms with Crippen LogP contribution >= 0.6 is 27.3 Å². The number of methoxy groups -OCH3 is 1. The number of hydrogen-bond acceptors (Lipinski definition) is 5. The topological polar surface area (TPSA) is 66.8 Å². The molecule has 1 aromatic carbocycles. The molecule has 1 amide bonds. The molecular weight excluding hydrogens is 430 g/mol. The van der Waals surface area contributed by atoms with Crippen LogP contribution in [0.15, 0.2) is 45.8 Å².